The normalized spacial score (nSPS) is 32.3. The average Bonchev–Trinajstić information content (AvgIpc) is 2.33. The van der Waals surface area contributed by atoms with Crippen LogP contribution in [0.5, 0.6) is 0 Å². The van der Waals surface area contributed by atoms with E-state index < -0.39 is 0 Å². The number of alkyl carbamates (subject to hydrolysis) is 1. The first-order valence-electron chi connectivity index (χ1n) is 6.82. The van der Waals surface area contributed by atoms with Crippen LogP contribution in [-0.2, 0) is 11.3 Å². The van der Waals surface area contributed by atoms with Gasteiger partial charge in [-0.3, -0.25) is 0 Å². The third-order valence-corrected chi connectivity index (χ3v) is 4.21. The number of carbonyl (C=O) groups is 1. The zero-order valence-corrected chi connectivity index (χ0v) is 10.8. The molecule has 0 unspecified atom stereocenters. The number of ether oxygens (including phenoxy) is 1. The fraction of sp³-hybridized carbons (Fsp3) is 0.533. The summed E-state index contributed by atoms with van der Waals surface area (Å²) in [5.41, 5.74) is 1.34. The predicted molar refractivity (Wildman–Crippen MR) is 70.5 cm³/mol. The molecule has 102 valence electrons. The Morgan fingerprint density at radius 3 is 2.58 bits per heavy atom. The molecule has 2 N–H and O–H groups in total. The largest absolute Gasteiger partial charge is 0.446 e. The number of benzene rings is 1. The minimum Gasteiger partial charge on any atom is -0.446 e. The molecule has 1 spiro atoms. The smallest absolute Gasteiger partial charge is 0.407 e. The van der Waals surface area contributed by atoms with E-state index in [1.165, 1.54) is 0 Å². The predicted octanol–water partition coefficient (Wildman–Crippen LogP) is 2.22. The van der Waals surface area contributed by atoms with E-state index in [1.54, 1.807) is 0 Å². The first-order valence-corrected chi connectivity index (χ1v) is 6.82. The van der Waals surface area contributed by atoms with Crippen molar-refractivity contribution in [3.8, 4) is 0 Å². The van der Waals surface area contributed by atoms with Crippen LogP contribution in [0.15, 0.2) is 30.3 Å². The van der Waals surface area contributed by atoms with E-state index in [4.69, 9.17) is 4.74 Å². The molecule has 1 amide bonds. The molecule has 19 heavy (non-hydrogen) atoms. The molecule has 0 bridgehead atoms. The molecule has 4 nitrogen and oxygen atoms in total. The van der Waals surface area contributed by atoms with Crippen LogP contribution in [0.3, 0.4) is 0 Å². The maximum Gasteiger partial charge on any atom is 0.407 e. The second-order valence-corrected chi connectivity index (χ2v) is 5.84. The Morgan fingerprint density at radius 2 is 1.95 bits per heavy atom. The third kappa shape index (κ3) is 2.73. The monoisotopic (exact) mass is 261 g/mol. The Labute approximate surface area is 112 Å². The summed E-state index contributed by atoms with van der Waals surface area (Å²) in [5, 5.41) is 12.1. The number of rotatable bonds is 3. The van der Waals surface area contributed by atoms with Crippen molar-refractivity contribution < 1.29 is 14.6 Å². The van der Waals surface area contributed by atoms with E-state index in [9.17, 15) is 9.90 Å². The van der Waals surface area contributed by atoms with Crippen LogP contribution in [0.4, 0.5) is 4.79 Å². The highest BCUT2D eigenvalue weighted by atomic mass is 16.6. The summed E-state index contributed by atoms with van der Waals surface area (Å²) >= 11 is 0. The maximum atomic E-state index is 11.6. The quantitative estimate of drug-likeness (QED) is 0.877. The number of nitrogens with one attached hydrogen (secondary N) is 1. The molecule has 3 rings (SSSR count). The lowest BCUT2D eigenvalue weighted by molar-refractivity contribution is -0.140. The molecule has 2 saturated carbocycles. The van der Waals surface area contributed by atoms with Crippen molar-refractivity contribution in [1.82, 2.24) is 5.32 Å². The van der Waals surface area contributed by atoms with Crippen molar-refractivity contribution >= 4 is 6.09 Å². The molecule has 1 aromatic carbocycles. The molecule has 1 aromatic rings. The van der Waals surface area contributed by atoms with Gasteiger partial charge in [-0.15, -0.1) is 0 Å². The van der Waals surface area contributed by atoms with Crippen molar-refractivity contribution in [1.29, 1.82) is 0 Å². The van der Waals surface area contributed by atoms with Crippen molar-refractivity contribution in [3.05, 3.63) is 35.9 Å². The van der Waals surface area contributed by atoms with Crippen LogP contribution in [0.2, 0.25) is 0 Å². The van der Waals surface area contributed by atoms with Crippen LogP contribution >= 0.6 is 0 Å². The van der Waals surface area contributed by atoms with Gasteiger partial charge < -0.3 is 15.2 Å². The Balaban J connectivity index is 1.37. The third-order valence-electron chi connectivity index (χ3n) is 4.21. The molecule has 2 aliphatic carbocycles. The standard InChI is InChI=1S/C15H19NO3/c17-12-6-15(7-12)8-13(9-15)19-14(18)16-10-11-4-2-1-3-5-11/h1-5,12-13,17H,6-10H2,(H,16,18). The first-order chi connectivity index (χ1) is 9.15. The molecule has 0 atom stereocenters. The first kappa shape index (κ1) is 12.5. The summed E-state index contributed by atoms with van der Waals surface area (Å²) in [6.07, 6.45) is 3.11. The highest BCUT2D eigenvalue weighted by Gasteiger charge is 2.53. The topological polar surface area (TPSA) is 58.6 Å². The molecule has 2 aliphatic rings. The van der Waals surface area contributed by atoms with Crippen LogP contribution in [0.25, 0.3) is 0 Å². The fourth-order valence-electron chi connectivity index (χ4n) is 3.23. The summed E-state index contributed by atoms with van der Waals surface area (Å²) in [7, 11) is 0. The maximum absolute atomic E-state index is 11.6. The van der Waals surface area contributed by atoms with E-state index in [1.807, 2.05) is 30.3 Å². The number of hydrogen-bond donors (Lipinski definition) is 2. The molecular weight excluding hydrogens is 242 g/mol. The van der Waals surface area contributed by atoms with E-state index in [-0.39, 0.29) is 23.7 Å². The second-order valence-electron chi connectivity index (χ2n) is 5.84. The van der Waals surface area contributed by atoms with E-state index >= 15 is 0 Å². The second kappa shape index (κ2) is 4.85. The van der Waals surface area contributed by atoms with Crippen LogP contribution in [0, 0.1) is 5.41 Å². The highest BCUT2D eigenvalue weighted by Crippen LogP contribution is 2.56. The van der Waals surface area contributed by atoms with Gasteiger partial charge in [0.25, 0.3) is 0 Å². The van der Waals surface area contributed by atoms with E-state index in [2.05, 4.69) is 5.32 Å². The number of carbonyl (C=O) groups excluding carboxylic acids is 1. The molecule has 0 aliphatic heterocycles. The lowest BCUT2D eigenvalue weighted by Crippen LogP contribution is -2.53. The molecule has 0 heterocycles. The van der Waals surface area contributed by atoms with Gasteiger partial charge in [0.2, 0.25) is 0 Å². The number of hydrogen-bond acceptors (Lipinski definition) is 3. The Kier molecular flexibility index (Phi) is 3.19. The summed E-state index contributed by atoms with van der Waals surface area (Å²) in [6, 6.07) is 9.77. The van der Waals surface area contributed by atoms with Gasteiger partial charge in [-0.1, -0.05) is 30.3 Å². The van der Waals surface area contributed by atoms with Crippen LogP contribution in [-0.4, -0.2) is 23.4 Å². The summed E-state index contributed by atoms with van der Waals surface area (Å²) < 4.78 is 5.34. The van der Waals surface area contributed by atoms with Gasteiger partial charge in [0, 0.05) is 6.54 Å². The minimum atomic E-state index is -0.344. The van der Waals surface area contributed by atoms with Crippen molar-refractivity contribution in [2.45, 2.75) is 44.4 Å². The molecule has 2 fully saturated rings. The average molecular weight is 261 g/mol. The minimum absolute atomic E-state index is 0.0308. The van der Waals surface area contributed by atoms with Gasteiger partial charge in [0.1, 0.15) is 6.10 Å². The number of aliphatic hydroxyl groups is 1. The van der Waals surface area contributed by atoms with Gasteiger partial charge in [-0.05, 0) is 36.7 Å². The lowest BCUT2D eigenvalue weighted by Gasteiger charge is -2.55. The number of amides is 1. The SMILES string of the molecule is O=C(NCc1ccccc1)OC1CC2(CC(O)C2)C1. The van der Waals surface area contributed by atoms with Gasteiger partial charge in [0.15, 0.2) is 0 Å². The molecule has 0 radical (unpaired) electrons. The van der Waals surface area contributed by atoms with Gasteiger partial charge in [-0.2, -0.15) is 0 Å². The van der Waals surface area contributed by atoms with Gasteiger partial charge in [-0.25, -0.2) is 4.79 Å². The number of aliphatic hydroxyl groups excluding tert-OH is 1. The summed E-state index contributed by atoms with van der Waals surface area (Å²) in [5.74, 6) is 0. The highest BCUT2D eigenvalue weighted by molar-refractivity contribution is 5.67. The fourth-order valence-corrected chi connectivity index (χ4v) is 3.23. The zero-order valence-electron chi connectivity index (χ0n) is 10.8. The van der Waals surface area contributed by atoms with Gasteiger partial charge in [0.05, 0.1) is 6.10 Å². The molecular formula is C15H19NO3. The lowest BCUT2D eigenvalue weighted by atomic mass is 9.53. The van der Waals surface area contributed by atoms with E-state index in [0.29, 0.717) is 6.54 Å². The van der Waals surface area contributed by atoms with Gasteiger partial charge >= 0.3 is 6.09 Å². The molecule has 0 saturated heterocycles. The Hall–Kier alpha value is -1.55. The summed E-state index contributed by atoms with van der Waals surface area (Å²) in [4.78, 5) is 11.6. The van der Waals surface area contributed by atoms with E-state index in [0.717, 1.165) is 31.2 Å². The molecule has 0 aromatic heterocycles. The Bertz CT molecular complexity index is 446. The molecule has 4 heteroatoms. The Morgan fingerprint density at radius 1 is 1.26 bits per heavy atom. The summed E-state index contributed by atoms with van der Waals surface area (Å²) in [6.45, 7) is 0.496. The zero-order chi connectivity index (χ0) is 13.3. The van der Waals surface area contributed by atoms with Crippen molar-refractivity contribution in [3.63, 3.8) is 0 Å². The van der Waals surface area contributed by atoms with Crippen molar-refractivity contribution in [2.75, 3.05) is 0 Å². The van der Waals surface area contributed by atoms with Crippen LogP contribution in [0.1, 0.15) is 31.2 Å². The van der Waals surface area contributed by atoms with Crippen molar-refractivity contribution in [2.24, 2.45) is 5.41 Å². The van der Waals surface area contributed by atoms with Crippen LogP contribution < -0.4 is 5.32 Å².